The first kappa shape index (κ1) is 18.6. The van der Waals surface area contributed by atoms with Gasteiger partial charge in [0, 0.05) is 39.5 Å². The van der Waals surface area contributed by atoms with Crippen molar-refractivity contribution < 1.29 is 9.53 Å². The Hall–Kier alpha value is -2.18. The Balaban J connectivity index is 1.58. The number of hydrogen-bond donors (Lipinski definition) is 0. The maximum Gasteiger partial charge on any atom is 0.274 e. The Bertz CT molecular complexity index is 701. The summed E-state index contributed by atoms with van der Waals surface area (Å²) in [6.45, 7) is 4.16. The van der Waals surface area contributed by atoms with Crippen LogP contribution in [0.1, 0.15) is 28.9 Å². The molecule has 0 saturated carbocycles. The quantitative estimate of drug-likeness (QED) is 0.764. The zero-order chi connectivity index (χ0) is 18.4. The zero-order valence-corrected chi connectivity index (χ0v) is 15.7. The van der Waals surface area contributed by atoms with Crippen molar-refractivity contribution in [2.24, 2.45) is 0 Å². The molecule has 1 aliphatic heterocycles. The van der Waals surface area contributed by atoms with Crippen LogP contribution in [0.3, 0.4) is 0 Å². The van der Waals surface area contributed by atoms with Gasteiger partial charge in [-0.05, 0) is 31.0 Å². The number of likely N-dealkylation sites (tertiary alicyclic amines) is 1. The van der Waals surface area contributed by atoms with Crippen molar-refractivity contribution in [2.45, 2.75) is 32.0 Å². The van der Waals surface area contributed by atoms with Gasteiger partial charge >= 0.3 is 0 Å². The lowest BCUT2D eigenvalue weighted by Crippen LogP contribution is -2.48. The average Bonchev–Trinajstić information content (AvgIpc) is 3.15. The van der Waals surface area contributed by atoms with Crippen LogP contribution in [0.15, 0.2) is 42.6 Å². The molecule has 3 rings (SSSR count). The number of piperidine rings is 1. The maximum absolute atomic E-state index is 12.8. The van der Waals surface area contributed by atoms with Crippen molar-refractivity contribution in [1.82, 2.24) is 19.6 Å². The number of ether oxygens (including phenoxy) is 1. The Labute approximate surface area is 155 Å². The van der Waals surface area contributed by atoms with Gasteiger partial charge in [-0.25, -0.2) is 0 Å². The standard InChI is InChI=1S/C20H28N4O2/c1-22(20(25)19-10-12-24(21-19)13-14-26-2)18-9-6-11-23(16-18)15-17-7-4-3-5-8-17/h3-5,7-8,10,12,18H,6,9,11,13-16H2,1-2H3. The van der Waals surface area contributed by atoms with E-state index >= 15 is 0 Å². The lowest BCUT2D eigenvalue weighted by Gasteiger charge is -2.37. The number of methoxy groups -OCH3 is 1. The average molecular weight is 356 g/mol. The second-order valence-corrected chi connectivity index (χ2v) is 6.89. The molecule has 0 aliphatic carbocycles. The summed E-state index contributed by atoms with van der Waals surface area (Å²) in [5.74, 6) is -0.00673. The first-order valence-electron chi connectivity index (χ1n) is 9.23. The summed E-state index contributed by atoms with van der Waals surface area (Å²) in [6.07, 6.45) is 3.98. The second kappa shape index (κ2) is 8.96. The predicted molar refractivity (Wildman–Crippen MR) is 101 cm³/mol. The fourth-order valence-corrected chi connectivity index (χ4v) is 3.46. The second-order valence-electron chi connectivity index (χ2n) is 6.89. The maximum atomic E-state index is 12.8. The van der Waals surface area contributed by atoms with Gasteiger partial charge in [0.2, 0.25) is 0 Å². The first-order valence-corrected chi connectivity index (χ1v) is 9.23. The summed E-state index contributed by atoms with van der Waals surface area (Å²) in [5, 5.41) is 4.38. The van der Waals surface area contributed by atoms with E-state index in [0.29, 0.717) is 18.8 Å². The molecule has 26 heavy (non-hydrogen) atoms. The van der Waals surface area contributed by atoms with Gasteiger partial charge in [0.1, 0.15) is 5.69 Å². The van der Waals surface area contributed by atoms with Gasteiger partial charge in [-0.1, -0.05) is 30.3 Å². The van der Waals surface area contributed by atoms with E-state index in [4.69, 9.17) is 4.74 Å². The fourth-order valence-electron chi connectivity index (χ4n) is 3.46. The van der Waals surface area contributed by atoms with E-state index in [0.717, 1.165) is 32.5 Å². The SMILES string of the molecule is COCCn1ccc(C(=O)N(C)C2CCCN(Cc3ccccc3)C2)n1. The van der Waals surface area contributed by atoms with E-state index < -0.39 is 0 Å². The Kier molecular flexibility index (Phi) is 6.41. The summed E-state index contributed by atoms with van der Waals surface area (Å²) in [7, 11) is 3.56. The number of hydrogen-bond acceptors (Lipinski definition) is 4. The van der Waals surface area contributed by atoms with Crippen molar-refractivity contribution in [3.8, 4) is 0 Å². The third-order valence-corrected chi connectivity index (χ3v) is 4.98. The van der Waals surface area contributed by atoms with Gasteiger partial charge < -0.3 is 9.64 Å². The number of amides is 1. The molecule has 1 aromatic carbocycles. The minimum absolute atomic E-state index is 0.00673. The molecule has 1 fully saturated rings. The molecule has 2 heterocycles. The molecule has 1 unspecified atom stereocenters. The van der Waals surface area contributed by atoms with Gasteiger partial charge in [-0.3, -0.25) is 14.4 Å². The van der Waals surface area contributed by atoms with Crippen LogP contribution in [0, 0.1) is 0 Å². The molecule has 0 bridgehead atoms. The molecular weight excluding hydrogens is 328 g/mol. The van der Waals surface area contributed by atoms with Crippen LogP contribution in [0.4, 0.5) is 0 Å². The van der Waals surface area contributed by atoms with Crippen LogP contribution in [0.5, 0.6) is 0 Å². The zero-order valence-electron chi connectivity index (χ0n) is 15.7. The molecule has 140 valence electrons. The van der Waals surface area contributed by atoms with Crippen molar-refractivity contribution in [2.75, 3.05) is 33.9 Å². The van der Waals surface area contributed by atoms with E-state index in [9.17, 15) is 4.79 Å². The Morgan fingerprint density at radius 2 is 2.12 bits per heavy atom. The lowest BCUT2D eigenvalue weighted by molar-refractivity contribution is 0.0602. The largest absolute Gasteiger partial charge is 0.383 e. The van der Waals surface area contributed by atoms with Crippen LogP contribution in [-0.4, -0.2) is 65.4 Å². The predicted octanol–water partition coefficient (Wildman–Crippen LogP) is 2.27. The molecule has 1 atom stereocenters. The molecule has 6 nitrogen and oxygen atoms in total. The highest BCUT2D eigenvalue weighted by Crippen LogP contribution is 2.18. The van der Waals surface area contributed by atoms with E-state index in [1.165, 1.54) is 5.56 Å². The van der Waals surface area contributed by atoms with Gasteiger partial charge in [0.25, 0.3) is 5.91 Å². The van der Waals surface area contributed by atoms with Crippen LogP contribution in [0.25, 0.3) is 0 Å². The molecule has 1 aromatic heterocycles. The number of carbonyl (C=O) groups excluding carboxylic acids is 1. The minimum atomic E-state index is -0.00673. The van der Waals surface area contributed by atoms with Crippen molar-refractivity contribution in [3.63, 3.8) is 0 Å². The van der Waals surface area contributed by atoms with E-state index in [1.807, 2.05) is 24.2 Å². The van der Waals surface area contributed by atoms with Crippen LogP contribution < -0.4 is 0 Å². The van der Waals surface area contributed by atoms with Crippen molar-refractivity contribution >= 4 is 5.91 Å². The molecule has 2 aromatic rings. The third-order valence-electron chi connectivity index (χ3n) is 4.98. The highest BCUT2D eigenvalue weighted by atomic mass is 16.5. The lowest BCUT2D eigenvalue weighted by atomic mass is 10.0. The molecule has 1 saturated heterocycles. The monoisotopic (exact) mass is 356 g/mol. The normalized spacial score (nSPS) is 18.0. The number of likely N-dealkylation sites (N-methyl/N-ethyl adjacent to an activating group) is 1. The summed E-state index contributed by atoms with van der Waals surface area (Å²) in [4.78, 5) is 17.1. The van der Waals surface area contributed by atoms with E-state index in [2.05, 4.69) is 34.3 Å². The molecule has 0 spiro atoms. The van der Waals surface area contributed by atoms with Crippen LogP contribution in [0.2, 0.25) is 0 Å². The van der Waals surface area contributed by atoms with Gasteiger partial charge in [0.15, 0.2) is 0 Å². The van der Waals surface area contributed by atoms with Crippen molar-refractivity contribution in [3.05, 3.63) is 53.9 Å². The van der Waals surface area contributed by atoms with Crippen LogP contribution >= 0.6 is 0 Å². The summed E-state index contributed by atoms with van der Waals surface area (Å²) in [6, 6.07) is 12.5. The Morgan fingerprint density at radius 3 is 2.88 bits per heavy atom. The molecule has 1 aliphatic rings. The van der Waals surface area contributed by atoms with E-state index in [1.54, 1.807) is 17.9 Å². The van der Waals surface area contributed by atoms with Crippen molar-refractivity contribution in [1.29, 1.82) is 0 Å². The van der Waals surface area contributed by atoms with Gasteiger partial charge in [-0.2, -0.15) is 5.10 Å². The molecule has 0 N–H and O–H groups in total. The molecule has 6 heteroatoms. The number of rotatable bonds is 7. The highest BCUT2D eigenvalue weighted by Gasteiger charge is 2.27. The minimum Gasteiger partial charge on any atom is -0.383 e. The van der Waals surface area contributed by atoms with Gasteiger partial charge in [-0.15, -0.1) is 0 Å². The molecule has 1 amide bonds. The van der Waals surface area contributed by atoms with Crippen LogP contribution in [-0.2, 0) is 17.8 Å². The smallest absolute Gasteiger partial charge is 0.274 e. The number of aromatic nitrogens is 2. The topological polar surface area (TPSA) is 50.6 Å². The fraction of sp³-hybridized carbons (Fsp3) is 0.500. The van der Waals surface area contributed by atoms with Gasteiger partial charge in [0.05, 0.1) is 13.2 Å². The summed E-state index contributed by atoms with van der Waals surface area (Å²) >= 11 is 0. The third kappa shape index (κ3) is 4.71. The highest BCUT2D eigenvalue weighted by molar-refractivity contribution is 5.92. The summed E-state index contributed by atoms with van der Waals surface area (Å²) < 4.78 is 6.81. The first-order chi connectivity index (χ1) is 12.7. The Morgan fingerprint density at radius 1 is 1.31 bits per heavy atom. The molecular formula is C20H28N4O2. The molecule has 0 radical (unpaired) electrons. The summed E-state index contributed by atoms with van der Waals surface area (Å²) in [5.41, 5.74) is 1.82. The van der Waals surface area contributed by atoms with E-state index in [-0.39, 0.29) is 11.9 Å². The number of nitrogens with zero attached hydrogens (tertiary/aromatic N) is 4. The number of benzene rings is 1. The number of carbonyl (C=O) groups is 1.